The van der Waals surface area contributed by atoms with Crippen molar-refractivity contribution in [2.75, 3.05) is 16.5 Å². The molecule has 2 aromatic heterocycles. The second-order valence-corrected chi connectivity index (χ2v) is 24.3. The zero-order valence-electron chi connectivity index (χ0n) is 44.7. The van der Waals surface area contributed by atoms with Gasteiger partial charge < -0.3 is 19.3 Å². The van der Waals surface area contributed by atoms with Crippen LogP contribution in [0.5, 0.6) is 11.5 Å². The molecule has 0 atom stereocenters. The number of pyridine rings is 1. The second kappa shape index (κ2) is 17.6. The number of hydrogen-bond acceptors (Lipinski definition) is 5. The molecule has 11 rings (SSSR count). The first-order valence-corrected chi connectivity index (χ1v) is 26.0. The number of fused-ring (bicyclic) bond motifs is 5. The highest BCUT2D eigenvalue weighted by molar-refractivity contribution is 6.82. The summed E-state index contributed by atoms with van der Waals surface area (Å²) in [4.78, 5) is 12.4. The lowest BCUT2D eigenvalue weighted by atomic mass is 9.48. The molecular formula is C66H68BN5O. The van der Waals surface area contributed by atoms with Crippen molar-refractivity contribution in [1.82, 2.24) is 14.4 Å². The average molecular weight is 958 g/mol. The number of aromatic nitrogens is 2. The summed E-state index contributed by atoms with van der Waals surface area (Å²) in [7, 11) is 0. The van der Waals surface area contributed by atoms with E-state index >= 15 is 0 Å². The van der Waals surface area contributed by atoms with Crippen molar-refractivity contribution in [2.45, 2.75) is 105 Å². The first-order valence-electron chi connectivity index (χ1n) is 26.0. The van der Waals surface area contributed by atoms with Gasteiger partial charge in [0.2, 0.25) is 0 Å². The van der Waals surface area contributed by atoms with Crippen LogP contribution >= 0.6 is 0 Å². The van der Waals surface area contributed by atoms with Gasteiger partial charge in [-0.1, -0.05) is 174 Å². The highest BCUT2D eigenvalue weighted by Gasteiger charge is 2.41. The summed E-state index contributed by atoms with van der Waals surface area (Å²) in [6, 6.07) is 53.3. The predicted molar refractivity (Wildman–Crippen MR) is 309 cm³/mol. The molecule has 0 N–H and O–H groups in total. The minimum Gasteiger partial charge on any atom is -0.457 e. The lowest BCUT2D eigenvalue weighted by molar-refractivity contribution is 0.483. The van der Waals surface area contributed by atoms with E-state index in [1.165, 1.54) is 55.5 Å². The number of ether oxygens (including phenoxy) is 1. The third-order valence-electron chi connectivity index (χ3n) is 14.9. The van der Waals surface area contributed by atoms with E-state index in [9.17, 15) is 0 Å². The Kier molecular flexibility index (Phi) is 11.5. The lowest BCUT2D eigenvalue weighted by Gasteiger charge is -2.40. The van der Waals surface area contributed by atoms with Gasteiger partial charge in [0.05, 0.1) is 22.4 Å². The van der Waals surface area contributed by atoms with Crippen LogP contribution < -0.4 is 14.5 Å². The molecule has 366 valence electrons. The number of hydrogen-bond donors (Lipinski definition) is 0. The molecule has 0 spiro atoms. The Balaban J connectivity index is 1.05. The second-order valence-electron chi connectivity index (χ2n) is 24.3. The maximum Gasteiger partial charge on any atom is 0.322 e. The maximum atomic E-state index is 6.90. The van der Waals surface area contributed by atoms with Crippen LogP contribution in [0.2, 0.25) is 0 Å². The maximum absolute atomic E-state index is 6.90. The van der Waals surface area contributed by atoms with Gasteiger partial charge in [-0.2, -0.15) is 0 Å². The fourth-order valence-electron chi connectivity index (χ4n) is 10.9. The molecule has 6 aromatic carbocycles. The molecule has 0 saturated heterocycles. The third kappa shape index (κ3) is 8.77. The van der Waals surface area contributed by atoms with E-state index < -0.39 is 0 Å². The molecule has 73 heavy (non-hydrogen) atoms. The van der Waals surface area contributed by atoms with E-state index in [2.05, 4.69) is 278 Å². The minimum absolute atomic E-state index is 0.0192. The summed E-state index contributed by atoms with van der Waals surface area (Å²) < 4.78 is 9.18. The average Bonchev–Trinajstić information content (AvgIpc) is 3.91. The zero-order valence-corrected chi connectivity index (χ0v) is 44.7. The Morgan fingerprint density at radius 2 is 1.19 bits per heavy atom. The molecule has 0 fully saturated rings. The Morgan fingerprint density at radius 1 is 0.534 bits per heavy atom. The predicted octanol–water partition coefficient (Wildman–Crippen LogP) is 17.0. The summed E-state index contributed by atoms with van der Waals surface area (Å²) in [6.45, 7) is 28.3. The van der Waals surface area contributed by atoms with Crippen molar-refractivity contribution >= 4 is 56.8 Å². The molecule has 8 aromatic rings. The van der Waals surface area contributed by atoms with Gasteiger partial charge in [-0.3, -0.25) is 4.57 Å². The summed E-state index contributed by atoms with van der Waals surface area (Å²) in [5, 5.41) is 2.34. The minimum atomic E-state index is -0.104. The normalized spacial score (nSPS) is 15.2. The highest BCUT2D eigenvalue weighted by atomic mass is 16.5. The van der Waals surface area contributed by atoms with Crippen LogP contribution in [0.3, 0.4) is 0 Å². The molecule has 0 radical (unpaired) electrons. The van der Waals surface area contributed by atoms with Crippen LogP contribution in [0.1, 0.15) is 116 Å². The van der Waals surface area contributed by atoms with Crippen LogP contribution in [0.4, 0.5) is 17.1 Å². The monoisotopic (exact) mass is 958 g/mol. The molecule has 0 aliphatic carbocycles. The van der Waals surface area contributed by atoms with Crippen molar-refractivity contribution in [3.05, 3.63) is 221 Å². The first-order chi connectivity index (χ1) is 34.7. The van der Waals surface area contributed by atoms with Gasteiger partial charge >= 0.3 is 6.85 Å². The molecule has 3 aliphatic heterocycles. The molecule has 6 nitrogen and oxygen atoms in total. The summed E-state index contributed by atoms with van der Waals surface area (Å²) in [5.41, 5.74) is 16.7. The van der Waals surface area contributed by atoms with Gasteiger partial charge in [0.25, 0.3) is 0 Å². The van der Waals surface area contributed by atoms with Crippen molar-refractivity contribution in [3.63, 3.8) is 0 Å². The quantitative estimate of drug-likeness (QED) is 0.149. The van der Waals surface area contributed by atoms with Crippen LogP contribution in [-0.4, -0.2) is 27.9 Å². The Morgan fingerprint density at radius 3 is 1.92 bits per heavy atom. The fourth-order valence-corrected chi connectivity index (χ4v) is 10.9. The summed E-state index contributed by atoms with van der Waals surface area (Å²) in [5.74, 6) is 4.80. The SMILES string of the molecule is CC(C)(C)c1cc(C2=C(N3CN(c4cccc(Oc5ccc6c7ccccc7n(-c7cc(C(C)(C)C)ccn7)c6c5)c4)c4ccccc43)C(c3ccccc3C(C)(C)C)=CN3C=CC=CB23)cc(C(C)(C)C)c1. The van der Waals surface area contributed by atoms with Gasteiger partial charge in [0, 0.05) is 52.3 Å². The Hall–Kier alpha value is -7.51. The smallest absolute Gasteiger partial charge is 0.322 e. The van der Waals surface area contributed by atoms with Crippen LogP contribution in [0.25, 0.3) is 38.7 Å². The van der Waals surface area contributed by atoms with Crippen molar-refractivity contribution in [2.24, 2.45) is 0 Å². The first kappa shape index (κ1) is 47.8. The molecule has 0 unspecified atom stereocenters. The largest absolute Gasteiger partial charge is 0.457 e. The standard InChI is InChI=1S/C66H68BN5O/c1-63(2,3)45-32-34-68-60(39-45)72-56-27-16-14-25-52(56)53-31-30-50(41-59(53)72)73-49-23-21-22-48(40-49)70-43-71(58-29-18-17-28-57(58)70)62-54(51-24-13-15-26-55(51)66(10,11)12)42-69-35-20-19-33-67(69)61(62)44-36-46(64(4,5)6)38-47(37-44)65(7,8)9/h13-42H,43H2,1-12H3. The molecule has 0 bridgehead atoms. The van der Waals surface area contributed by atoms with E-state index in [-0.39, 0.29) is 28.5 Å². The number of benzene rings is 6. The van der Waals surface area contributed by atoms with Crippen LogP contribution in [0.15, 0.2) is 188 Å². The topological polar surface area (TPSA) is 36.8 Å². The number of rotatable bonds is 7. The number of para-hydroxylation sites is 3. The number of anilines is 3. The van der Waals surface area contributed by atoms with Gasteiger partial charge in [0.15, 0.2) is 0 Å². The van der Waals surface area contributed by atoms with E-state index in [1.807, 2.05) is 6.20 Å². The molecule has 3 aliphatic rings. The van der Waals surface area contributed by atoms with Crippen molar-refractivity contribution in [3.8, 4) is 17.3 Å². The van der Waals surface area contributed by atoms with E-state index in [4.69, 9.17) is 9.72 Å². The Bertz CT molecular complexity index is 3570. The zero-order chi connectivity index (χ0) is 51.2. The molecule has 0 amide bonds. The van der Waals surface area contributed by atoms with Gasteiger partial charge in [0.1, 0.15) is 24.0 Å². The van der Waals surface area contributed by atoms with Gasteiger partial charge in [-0.15, -0.1) is 0 Å². The molecular weight excluding hydrogens is 890 g/mol. The van der Waals surface area contributed by atoms with E-state index in [0.717, 1.165) is 50.8 Å². The Labute approximate surface area is 433 Å². The number of allylic oxidation sites excluding steroid dienone is 3. The van der Waals surface area contributed by atoms with E-state index in [0.29, 0.717) is 6.67 Å². The molecule has 7 heteroatoms. The van der Waals surface area contributed by atoms with Crippen molar-refractivity contribution < 1.29 is 4.74 Å². The van der Waals surface area contributed by atoms with Crippen molar-refractivity contribution in [1.29, 1.82) is 0 Å². The van der Waals surface area contributed by atoms with Crippen LogP contribution in [-0.2, 0) is 21.7 Å². The van der Waals surface area contributed by atoms with Crippen LogP contribution in [0, 0.1) is 0 Å². The van der Waals surface area contributed by atoms with E-state index in [1.54, 1.807) is 0 Å². The fraction of sp³-hybridized carbons (Fsp3) is 0.258. The third-order valence-corrected chi connectivity index (χ3v) is 14.9. The van der Waals surface area contributed by atoms with Gasteiger partial charge in [-0.25, -0.2) is 4.98 Å². The molecule has 0 saturated carbocycles. The number of nitrogens with zero attached hydrogens (tertiary/aromatic N) is 5. The summed E-state index contributed by atoms with van der Waals surface area (Å²) >= 11 is 0. The summed E-state index contributed by atoms with van der Waals surface area (Å²) in [6.07, 6.45) is 11.0. The molecule has 5 heterocycles. The lowest BCUT2D eigenvalue weighted by Crippen LogP contribution is -2.41. The van der Waals surface area contributed by atoms with Gasteiger partial charge in [-0.05, 0) is 127 Å². The highest BCUT2D eigenvalue weighted by Crippen LogP contribution is 2.51.